The number of rotatable bonds is 4. The Balaban J connectivity index is 1.52. The molecule has 27 heavy (non-hydrogen) atoms. The van der Waals surface area contributed by atoms with Gasteiger partial charge in [-0.25, -0.2) is 4.39 Å². The molecule has 4 rings (SSSR count). The summed E-state index contributed by atoms with van der Waals surface area (Å²) in [5.41, 5.74) is 4.83. The maximum absolute atomic E-state index is 14.6. The van der Waals surface area contributed by atoms with Crippen molar-refractivity contribution in [1.82, 2.24) is 14.9 Å². The third-order valence-electron chi connectivity index (χ3n) is 5.21. The SMILES string of the molecule is Cc1cnc(CC2=CN(C(C)c3cc4c(cc3F)OCCO4)CC2)c(C)n1. The molecular formula is C21H24FN3O2. The molecule has 0 N–H and O–H groups in total. The van der Waals surface area contributed by atoms with Crippen LogP contribution in [-0.4, -0.2) is 34.6 Å². The van der Waals surface area contributed by atoms with E-state index in [4.69, 9.17) is 9.47 Å². The minimum absolute atomic E-state index is 0.0801. The van der Waals surface area contributed by atoms with Gasteiger partial charge in [0.25, 0.3) is 0 Å². The lowest BCUT2D eigenvalue weighted by molar-refractivity contribution is 0.169. The van der Waals surface area contributed by atoms with E-state index in [-0.39, 0.29) is 11.9 Å². The molecule has 1 unspecified atom stereocenters. The van der Waals surface area contributed by atoms with E-state index >= 15 is 0 Å². The van der Waals surface area contributed by atoms with E-state index in [0.717, 1.165) is 36.5 Å². The summed E-state index contributed by atoms with van der Waals surface area (Å²) in [7, 11) is 0. The summed E-state index contributed by atoms with van der Waals surface area (Å²) < 4.78 is 25.7. The van der Waals surface area contributed by atoms with Gasteiger partial charge in [-0.15, -0.1) is 0 Å². The summed E-state index contributed by atoms with van der Waals surface area (Å²) in [6.45, 7) is 7.78. The third-order valence-corrected chi connectivity index (χ3v) is 5.21. The average molecular weight is 369 g/mol. The van der Waals surface area contributed by atoms with Crippen LogP contribution >= 0.6 is 0 Å². The Labute approximate surface area is 158 Å². The second-order valence-electron chi connectivity index (χ2n) is 7.19. The van der Waals surface area contributed by atoms with Crippen molar-refractivity contribution in [3.8, 4) is 11.5 Å². The predicted octanol–water partition coefficient (Wildman–Crippen LogP) is 3.90. The molecule has 0 amide bonds. The Morgan fingerprint density at radius 3 is 2.67 bits per heavy atom. The molecule has 142 valence electrons. The summed E-state index contributed by atoms with van der Waals surface area (Å²) >= 11 is 0. The van der Waals surface area contributed by atoms with Gasteiger partial charge in [-0.05, 0) is 45.0 Å². The number of halogens is 1. The smallest absolute Gasteiger partial charge is 0.164 e. The zero-order chi connectivity index (χ0) is 19.0. The molecule has 0 radical (unpaired) electrons. The van der Waals surface area contributed by atoms with Gasteiger partial charge in [0, 0.05) is 30.8 Å². The molecule has 5 nitrogen and oxygen atoms in total. The number of ether oxygens (including phenoxy) is 2. The minimum atomic E-state index is -0.256. The van der Waals surface area contributed by atoms with Crippen LogP contribution in [-0.2, 0) is 6.42 Å². The van der Waals surface area contributed by atoms with Gasteiger partial charge in [0.15, 0.2) is 11.5 Å². The molecular weight excluding hydrogens is 345 g/mol. The highest BCUT2D eigenvalue weighted by Crippen LogP contribution is 2.37. The fraction of sp³-hybridized carbons (Fsp3) is 0.429. The predicted molar refractivity (Wildman–Crippen MR) is 100 cm³/mol. The van der Waals surface area contributed by atoms with Crippen molar-refractivity contribution >= 4 is 0 Å². The Bertz CT molecular complexity index is 897. The van der Waals surface area contributed by atoms with E-state index in [2.05, 4.69) is 21.1 Å². The largest absolute Gasteiger partial charge is 0.486 e. The van der Waals surface area contributed by atoms with E-state index in [1.807, 2.05) is 27.0 Å². The highest BCUT2D eigenvalue weighted by Gasteiger charge is 2.25. The van der Waals surface area contributed by atoms with Crippen molar-refractivity contribution in [2.24, 2.45) is 0 Å². The highest BCUT2D eigenvalue weighted by atomic mass is 19.1. The number of benzene rings is 1. The topological polar surface area (TPSA) is 47.5 Å². The first kappa shape index (κ1) is 17.8. The second kappa shape index (κ2) is 7.18. The number of hydrogen-bond acceptors (Lipinski definition) is 5. The molecule has 2 aliphatic heterocycles. The average Bonchev–Trinajstić information content (AvgIpc) is 3.11. The van der Waals surface area contributed by atoms with Gasteiger partial charge in [-0.1, -0.05) is 0 Å². The zero-order valence-electron chi connectivity index (χ0n) is 16.0. The van der Waals surface area contributed by atoms with Crippen LogP contribution in [0.15, 0.2) is 30.1 Å². The van der Waals surface area contributed by atoms with Crippen molar-refractivity contribution < 1.29 is 13.9 Å². The molecule has 0 aliphatic carbocycles. The molecule has 0 spiro atoms. The monoisotopic (exact) mass is 369 g/mol. The maximum Gasteiger partial charge on any atom is 0.164 e. The standard InChI is InChI=1S/C21H24FN3O2/c1-13-11-23-19(14(2)24-13)8-16-4-5-25(12-16)15(3)17-9-20-21(10-18(17)22)27-7-6-26-20/h9-12,15H,4-8H2,1-3H3. The van der Waals surface area contributed by atoms with Crippen LogP contribution in [0.1, 0.15) is 42.0 Å². The molecule has 0 bridgehead atoms. The second-order valence-corrected chi connectivity index (χ2v) is 7.19. The first-order valence-corrected chi connectivity index (χ1v) is 9.34. The lowest BCUT2D eigenvalue weighted by atomic mass is 10.1. The summed E-state index contributed by atoms with van der Waals surface area (Å²) in [6, 6.07) is 3.13. The minimum Gasteiger partial charge on any atom is -0.486 e. The first-order valence-electron chi connectivity index (χ1n) is 9.34. The molecule has 1 aromatic heterocycles. The fourth-order valence-electron chi connectivity index (χ4n) is 3.67. The summed E-state index contributed by atoms with van der Waals surface area (Å²) in [5, 5.41) is 0. The molecule has 0 saturated heterocycles. The summed E-state index contributed by atoms with van der Waals surface area (Å²) in [4.78, 5) is 11.2. The Hall–Kier alpha value is -2.63. The number of fused-ring (bicyclic) bond motifs is 1. The van der Waals surface area contributed by atoms with Crippen LogP contribution in [0, 0.1) is 19.7 Å². The van der Waals surface area contributed by atoms with Crippen molar-refractivity contribution in [2.75, 3.05) is 19.8 Å². The Morgan fingerprint density at radius 1 is 1.19 bits per heavy atom. The van der Waals surface area contributed by atoms with E-state index < -0.39 is 0 Å². The van der Waals surface area contributed by atoms with Gasteiger partial charge in [-0.2, -0.15) is 0 Å². The number of aromatic nitrogens is 2. The van der Waals surface area contributed by atoms with Crippen LogP contribution in [0.2, 0.25) is 0 Å². The van der Waals surface area contributed by atoms with E-state index in [0.29, 0.717) is 30.3 Å². The van der Waals surface area contributed by atoms with Crippen LogP contribution in [0.3, 0.4) is 0 Å². The highest BCUT2D eigenvalue weighted by molar-refractivity contribution is 5.45. The lowest BCUT2D eigenvalue weighted by Crippen LogP contribution is -2.21. The van der Waals surface area contributed by atoms with E-state index in [9.17, 15) is 4.39 Å². The van der Waals surface area contributed by atoms with Gasteiger partial charge in [0.05, 0.1) is 23.1 Å². The molecule has 0 fully saturated rings. The molecule has 2 aliphatic rings. The van der Waals surface area contributed by atoms with Crippen LogP contribution in [0.5, 0.6) is 11.5 Å². The molecule has 2 aromatic rings. The Morgan fingerprint density at radius 2 is 1.93 bits per heavy atom. The van der Waals surface area contributed by atoms with Gasteiger partial charge < -0.3 is 14.4 Å². The number of aryl methyl sites for hydroxylation is 2. The van der Waals surface area contributed by atoms with E-state index in [1.54, 1.807) is 6.07 Å². The van der Waals surface area contributed by atoms with Crippen molar-refractivity contribution in [3.63, 3.8) is 0 Å². The van der Waals surface area contributed by atoms with Gasteiger partial charge >= 0.3 is 0 Å². The molecule has 1 aromatic carbocycles. The van der Waals surface area contributed by atoms with Gasteiger partial charge in [-0.3, -0.25) is 9.97 Å². The van der Waals surface area contributed by atoms with Crippen LogP contribution in [0.4, 0.5) is 4.39 Å². The van der Waals surface area contributed by atoms with Gasteiger partial charge in [0.1, 0.15) is 19.0 Å². The van der Waals surface area contributed by atoms with Crippen molar-refractivity contribution in [2.45, 2.75) is 39.7 Å². The van der Waals surface area contributed by atoms with Gasteiger partial charge in [0.2, 0.25) is 0 Å². The molecule has 3 heterocycles. The van der Waals surface area contributed by atoms with Crippen molar-refractivity contribution in [3.05, 3.63) is 58.6 Å². The molecule has 1 atom stereocenters. The number of nitrogens with zero attached hydrogens (tertiary/aromatic N) is 3. The summed E-state index contributed by atoms with van der Waals surface area (Å²) in [5.74, 6) is 0.855. The third kappa shape index (κ3) is 3.61. The quantitative estimate of drug-likeness (QED) is 0.818. The lowest BCUT2D eigenvalue weighted by Gasteiger charge is -2.27. The molecule has 6 heteroatoms. The summed E-state index contributed by atoms with van der Waals surface area (Å²) in [6.07, 6.45) is 5.68. The number of hydrogen-bond donors (Lipinski definition) is 0. The van der Waals surface area contributed by atoms with Crippen molar-refractivity contribution in [1.29, 1.82) is 0 Å². The van der Waals surface area contributed by atoms with Crippen LogP contribution < -0.4 is 9.47 Å². The maximum atomic E-state index is 14.6. The van der Waals surface area contributed by atoms with Crippen LogP contribution in [0.25, 0.3) is 0 Å². The van der Waals surface area contributed by atoms with E-state index in [1.165, 1.54) is 11.6 Å². The first-order chi connectivity index (χ1) is 13.0. The zero-order valence-corrected chi connectivity index (χ0v) is 16.0. The normalized spacial score (nSPS) is 17.0. The molecule has 0 saturated carbocycles. The Kier molecular flexibility index (Phi) is 4.72. The fourth-order valence-corrected chi connectivity index (χ4v) is 3.67.